The zero-order valence-electron chi connectivity index (χ0n) is 11.8. The van der Waals surface area contributed by atoms with Gasteiger partial charge in [0.15, 0.2) is 5.65 Å². The van der Waals surface area contributed by atoms with Gasteiger partial charge in [-0.25, -0.2) is 4.98 Å². The smallest absolute Gasteiger partial charge is 0.158 e. The van der Waals surface area contributed by atoms with Gasteiger partial charge >= 0.3 is 0 Å². The molecule has 20 heavy (non-hydrogen) atoms. The van der Waals surface area contributed by atoms with Gasteiger partial charge in [-0.15, -0.1) is 0 Å². The molecule has 1 radical (unpaired) electrons. The minimum atomic E-state index is 0.457. The molecule has 0 fully saturated rings. The second kappa shape index (κ2) is 5.45. The number of nitrogens with zero attached hydrogens (tertiary/aromatic N) is 3. The van der Waals surface area contributed by atoms with E-state index in [1.807, 2.05) is 36.8 Å². The molecule has 0 amide bonds. The van der Waals surface area contributed by atoms with Crippen molar-refractivity contribution in [1.29, 1.82) is 0 Å². The zero-order chi connectivity index (χ0) is 13.9. The molecule has 2 aromatic heterocycles. The van der Waals surface area contributed by atoms with E-state index in [9.17, 15) is 0 Å². The summed E-state index contributed by atoms with van der Waals surface area (Å²) in [7, 11) is 0. The molecule has 3 rings (SSSR count). The molecule has 0 unspecified atom stereocenters. The number of benzene rings is 1. The maximum Gasteiger partial charge on any atom is 0.158 e. The third kappa shape index (κ3) is 2.44. The molecule has 3 heteroatoms. The first kappa shape index (κ1) is 12.9. The van der Waals surface area contributed by atoms with Gasteiger partial charge < -0.3 is 4.40 Å². The van der Waals surface area contributed by atoms with Crippen molar-refractivity contribution in [2.45, 2.75) is 26.2 Å². The van der Waals surface area contributed by atoms with Crippen molar-refractivity contribution in [3.05, 3.63) is 72.3 Å². The molecule has 3 nitrogen and oxygen atoms in total. The number of hydrogen-bond donors (Lipinski definition) is 0. The molecule has 0 aliphatic carbocycles. The average molecular weight is 264 g/mol. The van der Waals surface area contributed by atoms with Crippen molar-refractivity contribution < 1.29 is 0 Å². The van der Waals surface area contributed by atoms with Gasteiger partial charge in [0.05, 0.1) is 5.69 Å². The van der Waals surface area contributed by atoms with E-state index in [4.69, 9.17) is 0 Å². The quantitative estimate of drug-likeness (QED) is 0.720. The van der Waals surface area contributed by atoms with Crippen LogP contribution in [0.1, 0.15) is 36.7 Å². The molecular formula is C17H18N3. The third-order valence-corrected chi connectivity index (χ3v) is 3.45. The van der Waals surface area contributed by atoms with Crippen LogP contribution >= 0.6 is 0 Å². The minimum absolute atomic E-state index is 0.457. The van der Waals surface area contributed by atoms with Crippen LogP contribution in [0.15, 0.2) is 48.9 Å². The first-order chi connectivity index (χ1) is 9.75. The van der Waals surface area contributed by atoms with E-state index in [2.05, 4.69) is 46.8 Å². The molecule has 1 aromatic carbocycles. The number of aromatic nitrogens is 3. The molecular weight excluding hydrogens is 246 g/mol. The topological polar surface area (TPSA) is 30.2 Å². The summed E-state index contributed by atoms with van der Waals surface area (Å²) in [4.78, 5) is 9.01. The molecule has 2 heterocycles. The lowest BCUT2D eigenvalue weighted by molar-refractivity contribution is 0.804. The number of fused-ring (bicyclic) bond motifs is 1. The Morgan fingerprint density at radius 1 is 1.15 bits per heavy atom. The Hall–Kier alpha value is -2.16. The van der Waals surface area contributed by atoms with E-state index < -0.39 is 0 Å². The highest BCUT2D eigenvalue weighted by Crippen LogP contribution is 2.18. The van der Waals surface area contributed by atoms with E-state index >= 15 is 0 Å². The molecule has 0 aliphatic rings. The summed E-state index contributed by atoms with van der Waals surface area (Å²) in [5.74, 6) is 0.457. The van der Waals surface area contributed by atoms with E-state index in [1.54, 1.807) is 0 Å². The second-order valence-corrected chi connectivity index (χ2v) is 5.22. The van der Waals surface area contributed by atoms with Crippen LogP contribution in [0.3, 0.4) is 0 Å². The lowest BCUT2D eigenvalue weighted by Crippen LogP contribution is -2.00. The van der Waals surface area contributed by atoms with Crippen LogP contribution in [-0.4, -0.2) is 14.4 Å². The van der Waals surface area contributed by atoms with Crippen molar-refractivity contribution in [2.75, 3.05) is 0 Å². The predicted octanol–water partition coefficient (Wildman–Crippen LogP) is 3.65. The first-order valence-electron chi connectivity index (χ1n) is 6.95. The highest BCUT2D eigenvalue weighted by Gasteiger charge is 2.10. The second-order valence-electron chi connectivity index (χ2n) is 5.22. The van der Waals surface area contributed by atoms with Gasteiger partial charge in [-0.05, 0) is 17.9 Å². The van der Waals surface area contributed by atoms with Crippen LogP contribution in [0.25, 0.3) is 5.65 Å². The van der Waals surface area contributed by atoms with Gasteiger partial charge in [0, 0.05) is 30.7 Å². The summed E-state index contributed by atoms with van der Waals surface area (Å²) in [6.45, 7) is 4.36. The lowest BCUT2D eigenvalue weighted by atomic mass is 10.1. The lowest BCUT2D eigenvalue weighted by Gasteiger charge is -2.06. The molecule has 0 saturated heterocycles. The Labute approximate surface area is 119 Å². The summed E-state index contributed by atoms with van der Waals surface area (Å²) in [6, 6.07) is 10.3. The molecule has 101 valence electrons. The van der Waals surface area contributed by atoms with E-state index in [1.165, 1.54) is 11.3 Å². The summed E-state index contributed by atoms with van der Waals surface area (Å²) in [5.41, 5.74) is 4.42. The van der Waals surface area contributed by atoms with Crippen LogP contribution in [-0.2, 0) is 6.42 Å². The first-order valence-corrected chi connectivity index (χ1v) is 6.95. The standard InChI is InChI=1S/C17H18N3/c1-13(2)16-12-19-17-15(18-10-11-20(16)17)9-8-14-6-4-3-5-7-14/h3-8,10-13H,9H2,1-2H3. The Morgan fingerprint density at radius 3 is 2.70 bits per heavy atom. The molecule has 0 N–H and O–H groups in total. The summed E-state index contributed by atoms with van der Waals surface area (Å²) in [5, 5.41) is 0. The van der Waals surface area contributed by atoms with E-state index in [0.717, 1.165) is 17.8 Å². The van der Waals surface area contributed by atoms with Gasteiger partial charge in [0.2, 0.25) is 0 Å². The molecule has 0 aliphatic heterocycles. The monoisotopic (exact) mass is 264 g/mol. The van der Waals surface area contributed by atoms with E-state index in [-0.39, 0.29) is 0 Å². The van der Waals surface area contributed by atoms with Crippen LogP contribution in [0.5, 0.6) is 0 Å². The molecule has 0 bridgehead atoms. The fourth-order valence-electron chi connectivity index (χ4n) is 2.37. The summed E-state index contributed by atoms with van der Waals surface area (Å²) >= 11 is 0. The highest BCUT2D eigenvalue weighted by atomic mass is 15.0. The Bertz CT molecular complexity index is 699. The Balaban J connectivity index is 1.89. The van der Waals surface area contributed by atoms with Crippen LogP contribution < -0.4 is 0 Å². The Morgan fingerprint density at radius 2 is 1.95 bits per heavy atom. The number of imidazole rings is 1. The third-order valence-electron chi connectivity index (χ3n) is 3.45. The largest absolute Gasteiger partial charge is 0.301 e. The maximum absolute atomic E-state index is 4.53. The van der Waals surface area contributed by atoms with Crippen molar-refractivity contribution in [2.24, 2.45) is 0 Å². The van der Waals surface area contributed by atoms with Gasteiger partial charge in [-0.2, -0.15) is 0 Å². The highest BCUT2D eigenvalue weighted by molar-refractivity contribution is 5.47. The summed E-state index contributed by atoms with van der Waals surface area (Å²) < 4.78 is 2.14. The van der Waals surface area contributed by atoms with Crippen molar-refractivity contribution in [3.8, 4) is 0 Å². The van der Waals surface area contributed by atoms with Crippen LogP contribution in [0.2, 0.25) is 0 Å². The summed E-state index contributed by atoms with van der Waals surface area (Å²) in [6.07, 6.45) is 8.78. The SMILES string of the molecule is CC(C)c1cnc2c(C[CH]c3ccccc3)nccn12. The molecule has 3 aromatic rings. The van der Waals surface area contributed by atoms with Crippen LogP contribution in [0.4, 0.5) is 0 Å². The minimum Gasteiger partial charge on any atom is -0.301 e. The van der Waals surface area contributed by atoms with Crippen molar-refractivity contribution in [1.82, 2.24) is 14.4 Å². The van der Waals surface area contributed by atoms with Crippen LogP contribution in [0, 0.1) is 6.42 Å². The van der Waals surface area contributed by atoms with Gasteiger partial charge in [-0.1, -0.05) is 44.2 Å². The van der Waals surface area contributed by atoms with Crippen molar-refractivity contribution in [3.63, 3.8) is 0 Å². The maximum atomic E-state index is 4.53. The fourth-order valence-corrected chi connectivity index (χ4v) is 2.37. The number of rotatable bonds is 4. The van der Waals surface area contributed by atoms with Gasteiger partial charge in [-0.3, -0.25) is 4.98 Å². The predicted molar refractivity (Wildman–Crippen MR) is 80.6 cm³/mol. The molecule has 0 spiro atoms. The number of hydrogen-bond acceptors (Lipinski definition) is 2. The van der Waals surface area contributed by atoms with Gasteiger partial charge in [0.1, 0.15) is 0 Å². The average Bonchev–Trinajstić information content (AvgIpc) is 2.91. The Kier molecular flexibility index (Phi) is 3.50. The van der Waals surface area contributed by atoms with Gasteiger partial charge in [0.25, 0.3) is 0 Å². The molecule has 0 atom stereocenters. The fraction of sp³-hybridized carbons (Fsp3) is 0.235. The normalized spacial score (nSPS) is 11.3. The molecule has 0 saturated carbocycles. The zero-order valence-corrected chi connectivity index (χ0v) is 11.8. The van der Waals surface area contributed by atoms with E-state index in [0.29, 0.717) is 5.92 Å². The van der Waals surface area contributed by atoms with Crippen molar-refractivity contribution >= 4 is 5.65 Å².